The maximum absolute atomic E-state index is 12.4. The van der Waals surface area contributed by atoms with E-state index in [9.17, 15) is 19.8 Å². The van der Waals surface area contributed by atoms with Crippen molar-refractivity contribution in [2.24, 2.45) is 22.7 Å². The molecule has 4 nitrogen and oxygen atoms in total. The first-order valence-electron chi connectivity index (χ1n) is 10.2. The molecule has 0 amide bonds. The van der Waals surface area contributed by atoms with Crippen LogP contribution in [0.15, 0.2) is 0 Å². The fourth-order valence-corrected chi connectivity index (χ4v) is 4.97. The van der Waals surface area contributed by atoms with Crippen molar-refractivity contribution in [3.63, 3.8) is 0 Å². The van der Waals surface area contributed by atoms with Crippen LogP contribution in [0.5, 0.6) is 0 Å². The van der Waals surface area contributed by atoms with E-state index in [-0.39, 0.29) is 5.92 Å². The van der Waals surface area contributed by atoms with Crippen molar-refractivity contribution in [2.75, 3.05) is 0 Å². The van der Waals surface area contributed by atoms with E-state index in [0.29, 0.717) is 31.6 Å². The molecule has 0 aromatic carbocycles. The van der Waals surface area contributed by atoms with Gasteiger partial charge in [-0.15, -0.1) is 0 Å². The lowest BCUT2D eigenvalue weighted by molar-refractivity contribution is -0.188. The van der Waals surface area contributed by atoms with E-state index >= 15 is 0 Å². The van der Waals surface area contributed by atoms with Crippen LogP contribution in [0.1, 0.15) is 98.3 Å². The van der Waals surface area contributed by atoms with Gasteiger partial charge in [0.2, 0.25) is 0 Å². The van der Waals surface area contributed by atoms with Gasteiger partial charge in [-0.1, -0.05) is 79.1 Å². The molecule has 4 heteroatoms. The fraction of sp³-hybridized carbons (Fsp3) is 0.905. The molecule has 146 valence electrons. The van der Waals surface area contributed by atoms with Gasteiger partial charge in [0.1, 0.15) is 0 Å². The van der Waals surface area contributed by atoms with Crippen LogP contribution in [0.2, 0.25) is 0 Å². The van der Waals surface area contributed by atoms with Gasteiger partial charge in [-0.3, -0.25) is 9.59 Å². The van der Waals surface area contributed by atoms with Crippen molar-refractivity contribution in [2.45, 2.75) is 98.3 Å². The van der Waals surface area contributed by atoms with Crippen molar-refractivity contribution in [1.29, 1.82) is 0 Å². The molecule has 0 aliphatic heterocycles. The first kappa shape index (κ1) is 22.0. The number of hydrogen-bond acceptors (Lipinski definition) is 2. The monoisotopic (exact) mass is 354 g/mol. The Morgan fingerprint density at radius 3 is 2.04 bits per heavy atom. The second-order valence-electron chi connectivity index (χ2n) is 8.53. The molecule has 25 heavy (non-hydrogen) atoms. The highest BCUT2D eigenvalue weighted by molar-refractivity contribution is 5.87. The van der Waals surface area contributed by atoms with E-state index in [4.69, 9.17) is 0 Å². The lowest BCUT2D eigenvalue weighted by atomic mass is 9.49. The molecule has 1 saturated carbocycles. The van der Waals surface area contributed by atoms with Gasteiger partial charge in [-0.05, 0) is 31.1 Å². The number of carboxylic acids is 2. The van der Waals surface area contributed by atoms with Gasteiger partial charge in [0.25, 0.3) is 0 Å². The van der Waals surface area contributed by atoms with Crippen molar-refractivity contribution in [3.05, 3.63) is 0 Å². The lowest BCUT2D eigenvalue weighted by Crippen LogP contribution is -2.57. The predicted molar refractivity (Wildman–Crippen MR) is 101 cm³/mol. The third-order valence-electron chi connectivity index (χ3n) is 6.66. The van der Waals surface area contributed by atoms with Gasteiger partial charge in [0, 0.05) is 0 Å². The Balaban J connectivity index is 2.94. The highest BCUT2D eigenvalue weighted by atomic mass is 16.4. The Morgan fingerprint density at radius 2 is 1.52 bits per heavy atom. The molecule has 0 saturated heterocycles. The summed E-state index contributed by atoms with van der Waals surface area (Å²) in [6.07, 6.45) is 9.15. The van der Waals surface area contributed by atoms with Crippen LogP contribution in [0.25, 0.3) is 0 Å². The molecule has 1 aliphatic rings. The van der Waals surface area contributed by atoms with E-state index in [0.717, 1.165) is 32.1 Å². The summed E-state index contributed by atoms with van der Waals surface area (Å²) in [4.78, 5) is 24.7. The van der Waals surface area contributed by atoms with Crippen LogP contribution in [0.3, 0.4) is 0 Å². The molecule has 1 fully saturated rings. The maximum atomic E-state index is 12.4. The summed E-state index contributed by atoms with van der Waals surface area (Å²) < 4.78 is 0. The Bertz CT molecular complexity index is 445. The van der Waals surface area contributed by atoms with Gasteiger partial charge in [-0.2, -0.15) is 0 Å². The average molecular weight is 355 g/mol. The second kappa shape index (κ2) is 9.59. The van der Waals surface area contributed by atoms with Crippen molar-refractivity contribution in [1.82, 2.24) is 0 Å². The number of carboxylic acid groups (broad SMARTS) is 2. The quantitative estimate of drug-likeness (QED) is 0.464. The third-order valence-corrected chi connectivity index (χ3v) is 6.66. The topological polar surface area (TPSA) is 74.6 Å². The van der Waals surface area contributed by atoms with Crippen molar-refractivity contribution < 1.29 is 19.8 Å². The number of hydrogen-bond donors (Lipinski definition) is 2. The van der Waals surface area contributed by atoms with Crippen LogP contribution < -0.4 is 0 Å². The summed E-state index contributed by atoms with van der Waals surface area (Å²) >= 11 is 0. The first-order chi connectivity index (χ1) is 11.7. The number of rotatable bonds is 11. The normalized spacial score (nSPS) is 28.0. The molecule has 0 aromatic rings. The molecule has 0 heterocycles. The summed E-state index contributed by atoms with van der Waals surface area (Å²) in [6.45, 7) is 8.34. The summed E-state index contributed by atoms with van der Waals surface area (Å²) in [6, 6.07) is 0. The van der Waals surface area contributed by atoms with E-state index in [2.05, 4.69) is 13.8 Å². The fourth-order valence-electron chi connectivity index (χ4n) is 4.97. The largest absolute Gasteiger partial charge is 0.481 e. The molecule has 1 aliphatic carbocycles. The van der Waals surface area contributed by atoms with Gasteiger partial charge in [0.15, 0.2) is 0 Å². The summed E-state index contributed by atoms with van der Waals surface area (Å²) in [5.41, 5.74) is -2.23. The van der Waals surface area contributed by atoms with Crippen LogP contribution in [0, 0.1) is 22.7 Å². The van der Waals surface area contributed by atoms with E-state index in [1.165, 1.54) is 12.8 Å². The zero-order valence-corrected chi connectivity index (χ0v) is 16.6. The zero-order valence-electron chi connectivity index (χ0n) is 16.6. The minimum absolute atomic E-state index is 0.123. The van der Waals surface area contributed by atoms with E-state index in [1.54, 1.807) is 0 Å². The van der Waals surface area contributed by atoms with E-state index in [1.807, 2.05) is 13.8 Å². The minimum atomic E-state index is -1.12. The summed E-state index contributed by atoms with van der Waals surface area (Å²) in [5.74, 6) is -1.21. The van der Waals surface area contributed by atoms with Gasteiger partial charge in [0.05, 0.1) is 10.8 Å². The van der Waals surface area contributed by atoms with E-state index < -0.39 is 22.8 Å². The highest BCUT2D eigenvalue weighted by Gasteiger charge is 2.63. The Kier molecular flexibility index (Phi) is 8.43. The molecule has 3 atom stereocenters. The van der Waals surface area contributed by atoms with Crippen molar-refractivity contribution >= 4 is 11.9 Å². The lowest BCUT2D eigenvalue weighted by Gasteiger charge is -2.51. The van der Waals surface area contributed by atoms with Crippen LogP contribution in [-0.4, -0.2) is 22.2 Å². The molecular weight excluding hydrogens is 316 g/mol. The number of carbonyl (C=O) groups is 2. The maximum Gasteiger partial charge on any atom is 0.311 e. The predicted octanol–water partition coefficient (Wildman–Crippen LogP) is 5.75. The highest BCUT2D eigenvalue weighted by Crippen LogP contribution is 2.58. The van der Waals surface area contributed by atoms with Crippen LogP contribution in [0.4, 0.5) is 0 Å². The Morgan fingerprint density at radius 1 is 0.920 bits per heavy atom. The molecular formula is C21H38O4. The Hall–Kier alpha value is -1.06. The zero-order chi connectivity index (χ0) is 19.1. The molecule has 1 rings (SSSR count). The minimum Gasteiger partial charge on any atom is -0.481 e. The third kappa shape index (κ3) is 4.57. The molecule has 0 bridgehead atoms. The standard InChI is InChI=1S/C21H38O4/c1-5-17(4)21(19(24)25)15-11-10-14-20(21,18(22)23)13-9-7-6-8-12-16(2)3/h16-17H,5-15H2,1-4H3,(H,22,23)(H,24,25). The molecule has 0 radical (unpaired) electrons. The average Bonchev–Trinajstić information content (AvgIpc) is 2.56. The summed E-state index contributed by atoms with van der Waals surface area (Å²) in [7, 11) is 0. The summed E-state index contributed by atoms with van der Waals surface area (Å²) in [5, 5.41) is 20.2. The van der Waals surface area contributed by atoms with Gasteiger partial charge >= 0.3 is 11.9 Å². The van der Waals surface area contributed by atoms with Crippen molar-refractivity contribution in [3.8, 4) is 0 Å². The van der Waals surface area contributed by atoms with Crippen LogP contribution >= 0.6 is 0 Å². The first-order valence-corrected chi connectivity index (χ1v) is 10.2. The number of aliphatic carboxylic acids is 2. The molecule has 3 unspecified atom stereocenters. The second-order valence-corrected chi connectivity index (χ2v) is 8.53. The van der Waals surface area contributed by atoms with Crippen LogP contribution in [-0.2, 0) is 9.59 Å². The molecule has 2 N–H and O–H groups in total. The van der Waals surface area contributed by atoms with Gasteiger partial charge in [-0.25, -0.2) is 0 Å². The molecule has 0 spiro atoms. The SMILES string of the molecule is CCC(C)C1(C(=O)O)CCCCC1(CCCCCCC(C)C)C(=O)O. The molecule has 0 aromatic heterocycles. The smallest absolute Gasteiger partial charge is 0.311 e. The number of unbranched alkanes of at least 4 members (excludes halogenated alkanes) is 3. The Labute approximate surface area is 153 Å². The van der Waals surface area contributed by atoms with Gasteiger partial charge < -0.3 is 10.2 Å².